The molecule has 0 aliphatic carbocycles. The fourth-order valence-corrected chi connectivity index (χ4v) is 4.20. The third kappa shape index (κ3) is 7.54. The summed E-state index contributed by atoms with van der Waals surface area (Å²) in [6.07, 6.45) is 2.89. The van der Waals surface area contributed by atoms with Crippen LogP contribution in [0.3, 0.4) is 0 Å². The van der Waals surface area contributed by atoms with Crippen LogP contribution >= 0.6 is 11.8 Å². The van der Waals surface area contributed by atoms with Gasteiger partial charge in [0, 0.05) is 50.9 Å². The van der Waals surface area contributed by atoms with E-state index >= 15 is 0 Å². The fraction of sp³-hybridized carbons (Fsp3) is 0.478. The van der Waals surface area contributed by atoms with Crippen molar-refractivity contribution in [2.75, 3.05) is 56.0 Å². The molecule has 12 heteroatoms. The third-order valence-electron chi connectivity index (χ3n) is 5.29. The number of hydrogen-bond donors (Lipinski definition) is 3. The predicted octanol–water partition coefficient (Wildman–Crippen LogP) is 1.51. The van der Waals surface area contributed by atoms with Crippen molar-refractivity contribution in [2.24, 2.45) is 5.73 Å². The maximum absolute atomic E-state index is 12.7. The first-order chi connectivity index (χ1) is 16.5. The van der Waals surface area contributed by atoms with E-state index < -0.39 is 11.5 Å². The van der Waals surface area contributed by atoms with Crippen LogP contribution in [0.2, 0.25) is 0 Å². The first-order valence-corrected chi connectivity index (χ1v) is 12.2. The number of nitrogens with two attached hydrogens (primary N) is 1. The Morgan fingerprint density at radius 2 is 1.94 bits per heavy atom. The maximum atomic E-state index is 12.7. The average Bonchev–Trinajstić information content (AvgIpc) is 2.81. The largest absolute Gasteiger partial charge is 0.444 e. The van der Waals surface area contributed by atoms with Crippen molar-refractivity contribution in [1.82, 2.24) is 20.1 Å². The number of nitrogens with zero attached hydrogens (tertiary/aromatic N) is 4. The number of rotatable bonds is 6. The van der Waals surface area contributed by atoms with Gasteiger partial charge in [-0.25, -0.2) is 4.79 Å². The Kier molecular flexibility index (Phi) is 8.49. The molecule has 2 aliphatic rings. The summed E-state index contributed by atoms with van der Waals surface area (Å²) in [4.78, 5) is 46.3. The molecule has 2 aliphatic heterocycles. The molecule has 1 aromatic rings. The minimum Gasteiger partial charge on any atom is -0.444 e. The molecule has 0 bridgehead atoms. The Labute approximate surface area is 209 Å². The molecule has 11 nitrogen and oxygen atoms in total. The zero-order valence-electron chi connectivity index (χ0n) is 20.4. The van der Waals surface area contributed by atoms with Crippen LogP contribution < -0.4 is 21.3 Å². The van der Waals surface area contributed by atoms with Gasteiger partial charge in [-0.1, -0.05) is 18.3 Å². The van der Waals surface area contributed by atoms with E-state index in [4.69, 9.17) is 10.5 Å². The van der Waals surface area contributed by atoms with Crippen molar-refractivity contribution >= 4 is 41.0 Å². The number of ether oxygens (including phenoxy) is 1. The van der Waals surface area contributed by atoms with E-state index in [1.165, 1.54) is 17.2 Å². The van der Waals surface area contributed by atoms with Crippen LogP contribution in [0.15, 0.2) is 41.2 Å². The molecular formula is C23H33N7O4S. The minimum atomic E-state index is -0.544. The number of amides is 3. The molecule has 2 saturated heterocycles. The number of anilines is 2. The summed E-state index contributed by atoms with van der Waals surface area (Å²) in [5.41, 5.74) is 6.79. The molecule has 1 aromatic heterocycles. The lowest BCUT2D eigenvalue weighted by molar-refractivity contribution is -0.123. The second-order valence-corrected chi connectivity index (χ2v) is 10.1. The Morgan fingerprint density at radius 1 is 1.23 bits per heavy atom. The average molecular weight is 504 g/mol. The lowest BCUT2D eigenvalue weighted by Gasteiger charge is -2.37. The van der Waals surface area contributed by atoms with Gasteiger partial charge >= 0.3 is 6.09 Å². The first-order valence-electron chi connectivity index (χ1n) is 11.3. The van der Waals surface area contributed by atoms with E-state index in [1.54, 1.807) is 17.3 Å². The van der Waals surface area contributed by atoms with Gasteiger partial charge in [-0.15, -0.1) is 0 Å². The third-order valence-corrected chi connectivity index (χ3v) is 6.20. The summed E-state index contributed by atoms with van der Waals surface area (Å²) >= 11 is 1.20. The van der Waals surface area contributed by atoms with Crippen molar-refractivity contribution in [3.05, 3.63) is 41.2 Å². The van der Waals surface area contributed by atoms with Gasteiger partial charge in [0.15, 0.2) is 0 Å². The highest BCUT2D eigenvalue weighted by atomic mass is 32.2. The number of thioether (sulfide) groups is 1. The molecule has 0 aromatic carbocycles. The van der Waals surface area contributed by atoms with Gasteiger partial charge in [-0.3, -0.25) is 14.6 Å². The van der Waals surface area contributed by atoms with E-state index in [2.05, 4.69) is 27.1 Å². The van der Waals surface area contributed by atoms with Crippen LogP contribution in [0.25, 0.3) is 0 Å². The molecule has 3 heterocycles. The monoisotopic (exact) mass is 503 g/mol. The topological polar surface area (TPSA) is 133 Å². The van der Waals surface area contributed by atoms with Crippen LogP contribution in [-0.2, 0) is 14.3 Å². The fourth-order valence-electron chi connectivity index (χ4n) is 3.52. The Bertz CT molecular complexity index is 1000. The highest BCUT2D eigenvalue weighted by molar-refractivity contribution is 8.05. The number of carbonyl (C=O) groups is 3. The summed E-state index contributed by atoms with van der Waals surface area (Å²) in [5, 5.41) is 7.73. The van der Waals surface area contributed by atoms with Crippen molar-refractivity contribution in [3.63, 3.8) is 0 Å². The minimum absolute atomic E-state index is 0.0159. The molecule has 190 valence electrons. The molecular weight excluding hydrogens is 470 g/mol. The van der Waals surface area contributed by atoms with E-state index in [1.807, 2.05) is 31.7 Å². The number of aromatic nitrogens is 1. The molecule has 0 saturated carbocycles. The summed E-state index contributed by atoms with van der Waals surface area (Å²) in [5.74, 6) is -0.535. The van der Waals surface area contributed by atoms with Crippen molar-refractivity contribution in [3.8, 4) is 0 Å². The zero-order chi connectivity index (χ0) is 25.6. The normalized spacial score (nSPS) is 17.1. The van der Waals surface area contributed by atoms with Crippen LogP contribution in [-0.4, -0.2) is 84.1 Å². The van der Waals surface area contributed by atoms with Gasteiger partial charge in [0.25, 0.3) is 5.91 Å². The standard InChI is InChI=1S/C23H33N7O4S/c1-16(30-8-7-26-20(31)14-30)35-15-17(24)21(32)27-18-13-25-6-5-19(18)28-9-11-29(12-10-28)22(33)34-23(2,3)4/h5-6,13,15H,1,7-12,14,24H2,2-4H3,(H,26,31)(H,27,32)/b17-15-. The molecule has 3 rings (SSSR count). The number of nitrogens with one attached hydrogen (secondary N) is 2. The zero-order valence-corrected chi connectivity index (χ0v) is 21.2. The molecule has 35 heavy (non-hydrogen) atoms. The summed E-state index contributed by atoms with van der Waals surface area (Å²) in [6.45, 7) is 13.1. The smallest absolute Gasteiger partial charge is 0.410 e. The second kappa shape index (κ2) is 11.3. The van der Waals surface area contributed by atoms with E-state index in [0.29, 0.717) is 50.0 Å². The highest BCUT2D eigenvalue weighted by Gasteiger charge is 2.27. The number of piperazine rings is 2. The lowest BCUT2D eigenvalue weighted by Crippen LogP contribution is -2.50. The summed E-state index contributed by atoms with van der Waals surface area (Å²) < 4.78 is 5.45. The maximum Gasteiger partial charge on any atom is 0.410 e. The van der Waals surface area contributed by atoms with Crippen molar-refractivity contribution < 1.29 is 19.1 Å². The van der Waals surface area contributed by atoms with Gasteiger partial charge in [0.1, 0.15) is 11.3 Å². The molecule has 4 N–H and O–H groups in total. The number of pyridine rings is 1. The summed E-state index contributed by atoms with van der Waals surface area (Å²) in [6, 6.07) is 1.82. The Morgan fingerprint density at radius 3 is 2.60 bits per heavy atom. The van der Waals surface area contributed by atoms with Gasteiger partial charge in [-0.05, 0) is 26.8 Å². The molecule has 2 fully saturated rings. The van der Waals surface area contributed by atoms with Gasteiger partial charge < -0.3 is 35.8 Å². The molecule has 0 radical (unpaired) electrons. The highest BCUT2D eigenvalue weighted by Crippen LogP contribution is 2.27. The number of hydrogen-bond acceptors (Lipinski definition) is 9. The predicted molar refractivity (Wildman–Crippen MR) is 136 cm³/mol. The first kappa shape index (κ1) is 26.2. The van der Waals surface area contributed by atoms with E-state index in [0.717, 1.165) is 5.69 Å². The Balaban J connectivity index is 1.57. The van der Waals surface area contributed by atoms with Gasteiger partial charge in [0.2, 0.25) is 5.91 Å². The van der Waals surface area contributed by atoms with E-state index in [9.17, 15) is 14.4 Å². The van der Waals surface area contributed by atoms with Crippen LogP contribution in [0.4, 0.5) is 16.2 Å². The molecule has 3 amide bonds. The number of carbonyl (C=O) groups excluding carboxylic acids is 3. The lowest BCUT2D eigenvalue weighted by atomic mass is 10.2. The Hall–Kier alpha value is -3.41. The van der Waals surface area contributed by atoms with Crippen LogP contribution in [0.1, 0.15) is 20.8 Å². The second-order valence-electron chi connectivity index (χ2n) is 9.16. The molecule has 0 unspecified atom stereocenters. The van der Waals surface area contributed by atoms with Crippen LogP contribution in [0.5, 0.6) is 0 Å². The molecule has 0 spiro atoms. The summed E-state index contributed by atoms with van der Waals surface area (Å²) in [7, 11) is 0. The SMILES string of the molecule is C=C(S/C=C(\N)C(=O)Nc1cnccc1N1CCN(C(=O)OC(C)(C)C)CC1)N1CCNC(=O)C1. The van der Waals surface area contributed by atoms with Gasteiger partial charge in [0.05, 0.1) is 29.1 Å². The van der Waals surface area contributed by atoms with Crippen molar-refractivity contribution in [2.45, 2.75) is 26.4 Å². The van der Waals surface area contributed by atoms with Gasteiger partial charge in [-0.2, -0.15) is 0 Å². The quantitative estimate of drug-likeness (QED) is 0.494. The van der Waals surface area contributed by atoms with E-state index in [-0.39, 0.29) is 24.2 Å². The molecule has 0 atom stereocenters. The van der Waals surface area contributed by atoms with Crippen LogP contribution in [0, 0.1) is 0 Å². The van der Waals surface area contributed by atoms with Crippen molar-refractivity contribution in [1.29, 1.82) is 0 Å².